The monoisotopic (exact) mass is 284 g/mol. The Morgan fingerprint density at radius 3 is 2.50 bits per heavy atom. The van der Waals surface area contributed by atoms with Crippen LogP contribution in [0.5, 0.6) is 0 Å². The number of pyridine rings is 1. The summed E-state index contributed by atoms with van der Waals surface area (Å²) in [5, 5.41) is 11.2. The smallest absolute Gasteiger partial charge is 0.471 e. The molecule has 0 aliphatic rings. The van der Waals surface area contributed by atoms with Crippen LogP contribution in [0.15, 0.2) is 30.5 Å². The van der Waals surface area contributed by atoms with Gasteiger partial charge in [0.15, 0.2) is 5.69 Å². The van der Waals surface area contributed by atoms with E-state index in [2.05, 4.69) is 4.98 Å². The maximum Gasteiger partial charge on any atom is 0.471 e. The third-order valence-corrected chi connectivity index (χ3v) is 2.48. The predicted octanol–water partition coefficient (Wildman–Crippen LogP) is 2.43. The third-order valence-electron chi connectivity index (χ3n) is 2.48. The fourth-order valence-electron chi connectivity index (χ4n) is 1.63. The SMILES string of the molecule is O=C(O)c1nccc2cc(NC(=O)C(F)(F)F)ccc12. The summed E-state index contributed by atoms with van der Waals surface area (Å²) in [4.78, 5) is 25.4. The van der Waals surface area contributed by atoms with Gasteiger partial charge in [-0.2, -0.15) is 13.2 Å². The molecule has 20 heavy (non-hydrogen) atoms. The van der Waals surface area contributed by atoms with Crippen molar-refractivity contribution in [1.29, 1.82) is 0 Å². The number of nitrogens with one attached hydrogen (secondary N) is 1. The van der Waals surface area contributed by atoms with Crippen molar-refractivity contribution in [1.82, 2.24) is 4.98 Å². The molecule has 0 aliphatic heterocycles. The zero-order chi connectivity index (χ0) is 14.9. The van der Waals surface area contributed by atoms with Crippen molar-refractivity contribution in [2.24, 2.45) is 0 Å². The van der Waals surface area contributed by atoms with Crippen molar-refractivity contribution >= 4 is 28.3 Å². The first-order valence-electron chi connectivity index (χ1n) is 5.29. The molecular weight excluding hydrogens is 277 g/mol. The van der Waals surface area contributed by atoms with Crippen molar-refractivity contribution < 1.29 is 27.9 Å². The van der Waals surface area contributed by atoms with Crippen LogP contribution in [0.3, 0.4) is 0 Å². The number of aromatic nitrogens is 1. The van der Waals surface area contributed by atoms with Crippen LogP contribution < -0.4 is 5.32 Å². The second-order valence-electron chi connectivity index (χ2n) is 3.85. The molecule has 0 fully saturated rings. The molecule has 1 heterocycles. The highest BCUT2D eigenvalue weighted by molar-refractivity contribution is 6.03. The number of anilines is 1. The van der Waals surface area contributed by atoms with Gasteiger partial charge in [0.25, 0.3) is 0 Å². The van der Waals surface area contributed by atoms with E-state index in [-0.39, 0.29) is 16.8 Å². The second kappa shape index (κ2) is 4.80. The van der Waals surface area contributed by atoms with E-state index in [1.807, 2.05) is 0 Å². The molecule has 0 saturated heterocycles. The van der Waals surface area contributed by atoms with Crippen molar-refractivity contribution in [3.63, 3.8) is 0 Å². The molecule has 0 bridgehead atoms. The van der Waals surface area contributed by atoms with Crippen LogP contribution >= 0.6 is 0 Å². The number of nitrogens with zero attached hydrogens (tertiary/aromatic N) is 1. The number of benzene rings is 1. The number of carbonyl (C=O) groups is 2. The largest absolute Gasteiger partial charge is 0.476 e. The van der Waals surface area contributed by atoms with Gasteiger partial charge in [-0.25, -0.2) is 9.78 Å². The van der Waals surface area contributed by atoms with Crippen LogP contribution in [-0.4, -0.2) is 28.1 Å². The fraction of sp³-hybridized carbons (Fsp3) is 0.0833. The first-order chi connectivity index (χ1) is 9.29. The van der Waals surface area contributed by atoms with Gasteiger partial charge in [0.1, 0.15) is 0 Å². The quantitative estimate of drug-likeness (QED) is 0.887. The van der Waals surface area contributed by atoms with Crippen molar-refractivity contribution in [3.05, 3.63) is 36.2 Å². The molecule has 0 atom stereocenters. The molecule has 2 N–H and O–H groups in total. The second-order valence-corrected chi connectivity index (χ2v) is 3.85. The molecule has 1 aromatic heterocycles. The summed E-state index contributed by atoms with van der Waals surface area (Å²) in [6, 6.07) is 5.15. The number of amides is 1. The normalized spacial score (nSPS) is 11.3. The molecular formula is C12H7F3N2O3. The summed E-state index contributed by atoms with van der Waals surface area (Å²) < 4.78 is 36.4. The average molecular weight is 284 g/mol. The Balaban J connectivity index is 2.41. The lowest BCUT2D eigenvalue weighted by atomic mass is 10.1. The molecule has 0 aliphatic carbocycles. The highest BCUT2D eigenvalue weighted by atomic mass is 19.4. The molecule has 1 amide bonds. The van der Waals surface area contributed by atoms with Crippen LogP contribution in [0.2, 0.25) is 0 Å². The number of fused-ring (bicyclic) bond motifs is 1. The average Bonchev–Trinajstić information content (AvgIpc) is 2.36. The number of carbonyl (C=O) groups excluding carboxylic acids is 1. The van der Waals surface area contributed by atoms with Gasteiger partial charge < -0.3 is 10.4 Å². The highest BCUT2D eigenvalue weighted by Gasteiger charge is 2.38. The van der Waals surface area contributed by atoms with Crippen LogP contribution in [0.25, 0.3) is 10.8 Å². The standard InChI is InChI=1S/C12H7F3N2O3/c13-12(14,15)11(20)17-7-1-2-8-6(5-7)3-4-16-9(8)10(18)19/h1-5H,(H,17,20)(H,18,19). The molecule has 0 spiro atoms. The van der Waals surface area contributed by atoms with E-state index in [0.717, 1.165) is 0 Å². The van der Waals surface area contributed by atoms with Gasteiger partial charge in [0, 0.05) is 17.3 Å². The van der Waals surface area contributed by atoms with Gasteiger partial charge in [0.05, 0.1) is 0 Å². The summed E-state index contributed by atoms with van der Waals surface area (Å²) in [7, 11) is 0. The van der Waals surface area contributed by atoms with Gasteiger partial charge >= 0.3 is 18.1 Å². The zero-order valence-corrected chi connectivity index (χ0v) is 9.73. The molecule has 0 saturated carbocycles. The third kappa shape index (κ3) is 2.68. The van der Waals surface area contributed by atoms with E-state index in [4.69, 9.17) is 5.11 Å². The van der Waals surface area contributed by atoms with Gasteiger partial charge in [-0.1, -0.05) is 0 Å². The molecule has 104 valence electrons. The molecule has 1 aromatic carbocycles. The molecule has 2 aromatic rings. The van der Waals surface area contributed by atoms with E-state index in [1.165, 1.54) is 30.5 Å². The molecule has 5 nitrogen and oxygen atoms in total. The fourth-order valence-corrected chi connectivity index (χ4v) is 1.63. The molecule has 0 radical (unpaired) electrons. The Labute approximate surface area is 110 Å². The number of hydrogen-bond acceptors (Lipinski definition) is 3. The summed E-state index contributed by atoms with van der Waals surface area (Å²) in [6.45, 7) is 0. The number of rotatable bonds is 2. The van der Waals surface area contributed by atoms with Crippen LogP contribution in [-0.2, 0) is 4.79 Å². The number of aromatic carboxylic acids is 1. The molecule has 0 unspecified atom stereocenters. The van der Waals surface area contributed by atoms with Gasteiger partial charge in [-0.05, 0) is 29.7 Å². The van der Waals surface area contributed by atoms with Crippen molar-refractivity contribution in [3.8, 4) is 0 Å². The first-order valence-corrected chi connectivity index (χ1v) is 5.29. The maximum absolute atomic E-state index is 12.1. The first kappa shape index (κ1) is 13.8. The minimum Gasteiger partial charge on any atom is -0.476 e. The van der Waals surface area contributed by atoms with E-state index in [0.29, 0.717) is 5.39 Å². The number of carboxylic acids is 1. The van der Waals surface area contributed by atoms with Crippen molar-refractivity contribution in [2.45, 2.75) is 6.18 Å². The van der Waals surface area contributed by atoms with Gasteiger partial charge in [-0.3, -0.25) is 4.79 Å². The molecule has 2 rings (SSSR count). The lowest BCUT2D eigenvalue weighted by Gasteiger charge is -2.09. The van der Waals surface area contributed by atoms with E-state index < -0.39 is 18.1 Å². The van der Waals surface area contributed by atoms with Crippen LogP contribution in [0, 0.1) is 0 Å². The zero-order valence-electron chi connectivity index (χ0n) is 9.73. The topological polar surface area (TPSA) is 79.3 Å². The highest BCUT2D eigenvalue weighted by Crippen LogP contribution is 2.23. The molecule has 8 heteroatoms. The van der Waals surface area contributed by atoms with E-state index in [1.54, 1.807) is 5.32 Å². The van der Waals surface area contributed by atoms with Crippen LogP contribution in [0.4, 0.5) is 18.9 Å². The Bertz CT molecular complexity index is 698. The van der Waals surface area contributed by atoms with Crippen molar-refractivity contribution in [2.75, 3.05) is 5.32 Å². The summed E-state index contributed by atoms with van der Waals surface area (Å²) in [6.07, 6.45) is -3.76. The van der Waals surface area contributed by atoms with Crippen LogP contribution in [0.1, 0.15) is 10.5 Å². The van der Waals surface area contributed by atoms with Gasteiger partial charge in [-0.15, -0.1) is 0 Å². The number of alkyl halides is 3. The summed E-state index contributed by atoms with van der Waals surface area (Å²) in [5.41, 5.74) is -0.293. The number of carboxylic acid groups (broad SMARTS) is 1. The Morgan fingerprint density at radius 2 is 1.90 bits per heavy atom. The number of halogens is 3. The maximum atomic E-state index is 12.1. The number of hydrogen-bond donors (Lipinski definition) is 2. The Hall–Kier alpha value is -2.64. The predicted molar refractivity (Wildman–Crippen MR) is 63.4 cm³/mol. The Kier molecular flexibility index (Phi) is 3.31. The lowest BCUT2D eigenvalue weighted by Crippen LogP contribution is -2.29. The lowest BCUT2D eigenvalue weighted by molar-refractivity contribution is -0.167. The summed E-state index contributed by atoms with van der Waals surface area (Å²) >= 11 is 0. The summed E-state index contributed by atoms with van der Waals surface area (Å²) in [5.74, 6) is -3.34. The minimum atomic E-state index is -4.99. The van der Waals surface area contributed by atoms with Gasteiger partial charge in [0.2, 0.25) is 0 Å². The van der Waals surface area contributed by atoms with E-state index in [9.17, 15) is 22.8 Å². The Morgan fingerprint density at radius 1 is 1.20 bits per heavy atom. The minimum absolute atomic E-state index is 0.0811. The van der Waals surface area contributed by atoms with E-state index >= 15 is 0 Å².